The van der Waals surface area contributed by atoms with E-state index in [1.54, 1.807) is 37.3 Å². The van der Waals surface area contributed by atoms with Gasteiger partial charge in [0, 0.05) is 12.0 Å². The van der Waals surface area contributed by atoms with Crippen LogP contribution >= 0.6 is 0 Å². The van der Waals surface area contributed by atoms with Crippen molar-refractivity contribution in [2.75, 3.05) is 0 Å². The number of hydrogen-bond donors (Lipinski definition) is 0. The summed E-state index contributed by atoms with van der Waals surface area (Å²) in [4.78, 5) is 10.7. The van der Waals surface area contributed by atoms with Crippen molar-refractivity contribution in [2.24, 2.45) is 0 Å². The second kappa shape index (κ2) is 4.60. The topological polar surface area (TPSA) is 26.3 Å². The first kappa shape index (κ1) is 9.71. The Hall–Kier alpha value is -1.38. The minimum Gasteiger partial charge on any atom is -0.427 e. The average molecular weight is 182 g/mol. The molecule has 0 N–H and O–H groups in total. The SMILES string of the molecule is CCC(=O)OC(F)c1ccccc1. The lowest BCUT2D eigenvalue weighted by molar-refractivity contribution is -0.158. The van der Waals surface area contributed by atoms with Crippen molar-refractivity contribution >= 4 is 5.97 Å². The molecule has 3 heteroatoms. The van der Waals surface area contributed by atoms with Crippen LogP contribution in [0.1, 0.15) is 25.3 Å². The van der Waals surface area contributed by atoms with Gasteiger partial charge in [0.2, 0.25) is 0 Å². The molecule has 0 aromatic heterocycles. The van der Waals surface area contributed by atoms with E-state index >= 15 is 0 Å². The first-order chi connectivity index (χ1) is 6.24. The number of esters is 1. The number of ether oxygens (including phenoxy) is 1. The third kappa shape index (κ3) is 2.86. The molecule has 1 rings (SSSR count). The molecule has 1 aromatic carbocycles. The van der Waals surface area contributed by atoms with E-state index in [1.807, 2.05) is 0 Å². The molecule has 13 heavy (non-hydrogen) atoms. The highest BCUT2D eigenvalue weighted by molar-refractivity contribution is 5.69. The number of alkyl halides is 1. The van der Waals surface area contributed by atoms with Crippen LogP contribution in [0.4, 0.5) is 4.39 Å². The molecule has 0 spiro atoms. The zero-order valence-corrected chi connectivity index (χ0v) is 7.37. The van der Waals surface area contributed by atoms with Crippen LogP contribution in [-0.2, 0) is 9.53 Å². The van der Waals surface area contributed by atoms with E-state index in [0.29, 0.717) is 5.56 Å². The molecule has 0 aliphatic heterocycles. The predicted molar refractivity (Wildman–Crippen MR) is 46.7 cm³/mol. The maximum Gasteiger partial charge on any atom is 0.308 e. The van der Waals surface area contributed by atoms with Gasteiger partial charge in [-0.1, -0.05) is 37.3 Å². The maximum absolute atomic E-state index is 13.1. The monoisotopic (exact) mass is 182 g/mol. The molecule has 0 radical (unpaired) electrons. The Morgan fingerprint density at radius 3 is 2.62 bits per heavy atom. The molecule has 0 saturated carbocycles. The second-order valence-corrected chi connectivity index (χ2v) is 2.57. The Labute approximate surface area is 76.3 Å². The summed E-state index contributed by atoms with van der Waals surface area (Å²) in [6, 6.07) is 8.32. The molecule has 1 aromatic rings. The van der Waals surface area contributed by atoms with Gasteiger partial charge in [-0.15, -0.1) is 0 Å². The summed E-state index contributed by atoms with van der Waals surface area (Å²) < 4.78 is 17.6. The van der Waals surface area contributed by atoms with Crippen LogP contribution in [0.5, 0.6) is 0 Å². The molecular formula is C10H11FO2. The Bertz CT molecular complexity index is 272. The number of carbonyl (C=O) groups is 1. The molecule has 2 nitrogen and oxygen atoms in total. The van der Waals surface area contributed by atoms with Gasteiger partial charge in [-0.05, 0) is 0 Å². The van der Waals surface area contributed by atoms with E-state index in [2.05, 4.69) is 4.74 Å². The summed E-state index contributed by atoms with van der Waals surface area (Å²) in [5.74, 6) is -0.531. The van der Waals surface area contributed by atoms with Crippen LogP contribution in [-0.4, -0.2) is 5.97 Å². The minimum absolute atomic E-state index is 0.188. The summed E-state index contributed by atoms with van der Waals surface area (Å²) >= 11 is 0. The first-order valence-electron chi connectivity index (χ1n) is 4.12. The molecule has 1 atom stereocenters. The van der Waals surface area contributed by atoms with E-state index in [4.69, 9.17) is 0 Å². The number of benzene rings is 1. The number of hydrogen-bond acceptors (Lipinski definition) is 2. The van der Waals surface area contributed by atoms with Crippen LogP contribution < -0.4 is 0 Å². The summed E-state index contributed by atoms with van der Waals surface area (Å²) in [5.41, 5.74) is 0.365. The van der Waals surface area contributed by atoms with Gasteiger partial charge in [0.15, 0.2) is 0 Å². The lowest BCUT2D eigenvalue weighted by Gasteiger charge is -2.08. The fraction of sp³-hybridized carbons (Fsp3) is 0.300. The van der Waals surface area contributed by atoms with Gasteiger partial charge < -0.3 is 4.74 Å². The Balaban J connectivity index is 2.59. The van der Waals surface area contributed by atoms with Gasteiger partial charge >= 0.3 is 5.97 Å². The minimum atomic E-state index is -1.64. The Kier molecular flexibility index (Phi) is 3.43. The van der Waals surface area contributed by atoms with Crippen LogP contribution in [0.2, 0.25) is 0 Å². The fourth-order valence-corrected chi connectivity index (χ4v) is 0.871. The quantitative estimate of drug-likeness (QED) is 0.671. The van der Waals surface area contributed by atoms with Crippen LogP contribution in [0.3, 0.4) is 0 Å². The molecule has 70 valence electrons. The van der Waals surface area contributed by atoms with Crippen LogP contribution in [0.15, 0.2) is 30.3 Å². The molecule has 0 amide bonds. The largest absolute Gasteiger partial charge is 0.427 e. The molecule has 0 fully saturated rings. The van der Waals surface area contributed by atoms with Crippen molar-refractivity contribution in [3.8, 4) is 0 Å². The molecule has 0 saturated heterocycles. The molecule has 1 unspecified atom stereocenters. The second-order valence-electron chi connectivity index (χ2n) is 2.57. The van der Waals surface area contributed by atoms with Crippen molar-refractivity contribution in [1.29, 1.82) is 0 Å². The molecule has 0 aliphatic carbocycles. The fourth-order valence-electron chi connectivity index (χ4n) is 0.871. The van der Waals surface area contributed by atoms with Crippen LogP contribution in [0.25, 0.3) is 0 Å². The standard InChI is InChI=1S/C10H11FO2/c1-2-9(12)13-10(11)8-6-4-3-5-7-8/h3-7,10H,2H2,1H3. The van der Waals surface area contributed by atoms with Crippen molar-refractivity contribution < 1.29 is 13.9 Å². The molecule has 0 heterocycles. The third-order valence-corrected chi connectivity index (χ3v) is 1.59. The highest BCUT2D eigenvalue weighted by Gasteiger charge is 2.12. The van der Waals surface area contributed by atoms with Crippen molar-refractivity contribution in [1.82, 2.24) is 0 Å². The lowest BCUT2D eigenvalue weighted by atomic mass is 10.2. The van der Waals surface area contributed by atoms with Gasteiger partial charge in [-0.3, -0.25) is 4.79 Å². The summed E-state index contributed by atoms with van der Waals surface area (Å²) in [6.07, 6.45) is -1.46. The summed E-state index contributed by atoms with van der Waals surface area (Å²) in [5, 5.41) is 0. The first-order valence-corrected chi connectivity index (χ1v) is 4.12. The van der Waals surface area contributed by atoms with E-state index in [0.717, 1.165) is 0 Å². The van der Waals surface area contributed by atoms with Gasteiger partial charge in [0.05, 0.1) is 0 Å². The van der Waals surface area contributed by atoms with E-state index in [-0.39, 0.29) is 6.42 Å². The lowest BCUT2D eigenvalue weighted by Crippen LogP contribution is -2.05. The number of carbonyl (C=O) groups excluding carboxylic acids is 1. The summed E-state index contributed by atoms with van der Waals surface area (Å²) in [6.45, 7) is 1.63. The van der Waals surface area contributed by atoms with Gasteiger partial charge in [0.25, 0.3) is 6.36 Å². The highest BCUT2D eigenvalue weighted by atomic mass is 19.1. The molecular weight excluding hydrogens is 171 g/mol. The van der Waals surface area contributed by atoms with Gasteiger partial charge in [-0.25, -0.2) is 0 Å². The van der Waals surface area contributed by atoms with Crippen LogP contribution in [0, 0.1) is 0 Å². The Morgan fingerprint density at radius 2 is 2.08 bits per heavy atom. The van der Waals surface area contributed by atoms with Gasteiger partial charge in [0.1, 0.15) is 0 Å². The van der Waals surface area contributed by atoms with Gasteiger partial charge in [-0.2, -0.15) is 4.39 Å². The van der Waals surface area contributed by atoms with E-state index in [9.17, 15) is 9.18 Å². The van der Waals surface area contributed by atoms with Crippen molar-refractivity contribution in [2.45, 2.75) is 19.7 Å². The average Bonchev–Trinajstić information content (AvgIpc) is 2.19. The third-order valence-electron chi connectivity index (χ3n) is 1.59. The van der Waals surface area contributed by atoms with E-state index in [1.165, 1.54) is 0 Å². The van der Waals surface area contributed by atoms with Crippen molar-refractivity contribution in [3.63, 3.8) is 0 Å². The normalized spacial score (nSPS) is 12.2. The summed E-state index contributed by atoms with van der Waals surface area (Å²) in [7, 11) is 0. The van der Waals surface area contributed by atoms with E-state index < -0.39 is 12.3 Å². The Morgan fingerprint density at radius 1 is 1.46 bits per heavy atom. The molecule has 0 bridgehead atoms. The zero-order chi connectivity index (χ0) is 9.68. The maximum atomic E-state index is 13.1. The highest BCUT2D eigenvalue weighted by Crippen LogP contribution is 2.18. The predicted octanol–water partition coefficient (Wildman–Crippen LogP) is 2.61. The zero-order valence-electron chi connectivity index (χ0n) is 7.37. The number of halogens is 1. The van der Waals surface area contributed by atoms with Crippen molar-refractivity contribution in [3.05, 3.63) is 35.9 Å². The smallest absolute Gasteiger partial charge is 0.308 e. The number of rotatable bonds is 3. The molecule has 0 aliphatic rings.